The SMILES string of the molecule is O=C1C(=O)N(c2ccc(OCc3ccccc3)cc2)C(c2cccs2)/C1=C(/O)c1c[nH]c2ccccc12. The molecule has 0 spiro atoms. The molecule has 1 unspecified atom stereocenters. The van der Waals surface area contributed by atoms with E-state index in [1.807, 2.05) is 72.1 Å². The number of aliphatic hydroxyl groups excluding tert-OH is 1. The molecule has 0 bridgehead atoms. The van der Waals surface area contributed by atoms with Crippen molar-refractivity contribution in [2.24, 2.45) is 0 Å². The van der Waals surface area contributed by atoms with Crippen molar-refractivity contribution in [3.8, 4) is 5.75 Å². The highest BCUT2D eigenvalue weighted by molar-refractivity contribution is 7.10. The van der Waals surface area contributed by atoms with Crippen molar-refractivity contribution < 1.29 is 19.4 Å². The average molecular weight is 507 g/mol. The summed E-state index contributed by atoms with van der Waals surface area (Å²) in [7, 11) is 0. The number of aromatic amines is 1. The summed E-state index contributed by atoms with van der Waals surface area (Å²) in [6.07, 6.45) is 1.66. The molecule has 5 aromatic rings. The number of nitrogens with zero attached hydrogens (tertiary/aromatic N) is 1. The minimum Gasteiger partial charge on any atom is -0.507 e. The van der Waals surface area contributed by atoms with E-state index in [2.05, 4.69) is 4.98 Å². The highest BCUT2D eigenvalue weighted by Gasteiger charge is 2.47. The number of thiophene rings is 1. The number of para-hydroxylation sites is 1. The Morgan fingerprint density at radius 1 is 0.919 bits per heavy atom. The molecule has 1 amide bonds. The Labute approximate surface area is 217 Å². The fourth-order valence-electron chi connectivity index (χ4n) is 4.67. The first-order chi connectivity index (χ1) is 18.1. The second kappa shape index (κ2) is 9.44. The lowest BCUT2D eigenvalue weighted by Gasteiger charge is -2.24. The van der Waals surface area contributed by atoms with Crippen LogP contribution in [-0.2, 0) is 16.2 Å². The van der Waals surface area contributed by atoms with Crippen LogP contribution >= 0.6 is 11.3 Å². The maximum Gasteiger partial charge on any atom is 0.300 e. The molecule has 2 aromatic heterocycles. The van der Waals surface area contributed by atoms with E-state index in [1.165, 1.54) is 16.2 Å². The molecule has 1 aliphatic heterocycles. The molecule has 1 fully saturated rings. The molecule has 6 rings (SSSR count). The van der Waals surface area contributed by atoms with Crippen molar-refractivity contribution in [3.05, 3.63) is 124 Å². The first-order valence-corrected chi connectivity index (χ1v) is 12.7. The fraction of sp³-hybridized carbons (Fsp3) is 0.0667. The number of hydrogen-bond donors (Lipinski definition) is 2. The third-order valence-corrected chi connectivity index (χ3v) is 7.39. The van der Waals surface area contributed by atoms with Crippen LogP contribution in [0.3, 0.4) is 0 Å². The van der Waals surface area contributed by atoms with Crippen LogP contribution in [0.1, 0.15) is 22.0 Å². The van der Waals surface area contributed by atoms with Crippen LogP contribution in [0.25, 0.3) is 16.7 Å². The molecule has 3 aromatic carbocycles. The highest BCUT2D eigenvalue weighted by atomic mass is 32.1. The topological polar surface area (TPSA) is 82.6 Å². The quantitative estimate of drug-likeness (QED) is 0.158. The second-order valence-electron chi connectivity index (χ2n) is 8.70. The van der Waals surface area contributed by atoms with Gasteiger partial charge in [0.15, 0.2) is 0 Å². The van der Waals surface area contributed by atoms with E-state index in [9.17, 15) is 14.7 Å². The van der Waals surface area contributed by atoms with Gasteiger partial charge in [-0.25, -0.2) is 0 Å². The van der Waals surface area contributed by atoms with Gasteiger partial charge in [-0.15, -0.1) is 11.3 Å². The van der Waals surface area contributed by atoms with Crippen LogP contribution in [0.4, 0.5) is 5.69 Å². The molecule has 2 N–H and O–H groups in total. The molecule has 1 atom stereocenters. The summed E-state index contributed by atoms with van der Waals surface area (Å²) in [4.78, 5) is 32.1. The molecule has 1 aliphatic rings. The number of aromatic nitrogens is 1. The smallest absolute Gasteiger partial charge is 0.300 e. The predicted octanol–water partition coefficient (Wildman–Crippen LogP) is 6.43. The minimum absolute atomic E-state index is 0.0709. The Hall–Kier alpha value is -4.62. The molecule has 0 aliphatic carbocycles. The Balaban J connectivity index is 1.38. The molecule has 3 heterocycles. The van der Waals surface area contributed by atoms with Crippen molar-refractivity contribution in [1.29, 1.82) is 0 Å². The van der Waals surface area contributed by atoms with Gasteiger partial charge in [0, 0.05) is 33.2 Å². The van der Waals surface area contributed by atoms with Crippen molar-refractivity contribution in [1.82, 2.24) is 4.98 Å². The Morgan fingerprint density at radius 3 is 2.43 bits per heavy atom. The number of anilines is 1. The van der Waals surface area contributed by atoms with Gasteiger partial charge >= 0.3 is 0 Å². The number of Topliss-reactive ketones (excluding diaryl/α,β-unsaturated/α-hetero) is 1. The maximum absolute atomic E-state index is 13.4. The lowest BCUT2D eigenvalue weighted by Crippen LogP contribution is -2.29. The zero-order valence-electron chi connectivity index (χ0n) is 19.6. The molecule has 182 valence electrons. The van der Waals surface area contributed by atoms with Gasteiger partial charge in [-0.3, -0.25) is 14.5 Å². The number of hydrogen-bond acceptors (Lipinski definition) is 5. The van der Waals surface area contributed by atoms with Crippen molar-refractivity contribution in [3.63, 3.8) is 0 Å². The van der Waals surface area contributed by atoms with Crippen LogP contribution in [0.15, 0.2) is 108 Å². The summed E-state index contributed by atoms with van der Waals surface area (Å²) in [5, 5.41) is 14.1. The highest BCUT2D eigenvalue weighted by Crippen LogP contribution is 2.44. The van der Waals surface area contributed by atoms with Crippen LogP contribution < -0.4 is 9.64 Å². The fourth-order valence-corrected chi connectivity index (χ4v) is 5.49. The molecule has 1 saturated heterocycles. The number of amides is 1. The van der Waals surface area contributed by atoms with E-state index in [0.717, 1.165) is 21.3 Å². The zero-order valence-corrected chi connectivity index (χ0v) is 20.4. The number of benzene rings is 3. The number of carbonyl (C=O) groups is 2. The van der Waals surface area contributed by atoms with Crippen molar-refractivity contribution in [2.75, 3.05) is 4.90 Å². The molecule has 0 radical (unpaired) electrons. The van der Waals surface area contributed by atoms with Gasteiger partial charge in [0.1, 0.15) is 24.2 Å². The molecule has 6 nitrogen and oxygen atoms in total. The second-order valence-corrected chi connectivity index (χ2v) is 9.68. The molecular weight excluding hydrogens is 484 g/mol. The summed E-state index contributed by atoms with van der Waals surface area (Å²) >= 11 is 1.43. The van der Waals surface area contributed by atoms with E-state index in [0.29, 0.717) is 23.6 Å². The first kappa shape index (κ1) is 22.8. The van der Waals surface area contributed by atoms with Gasteiger partial charge in [-0.2, -0.15) is 0 Å². The number of aliphatic hydroxyl groups is 1. The number of fused-ring (bicyclic) bond motifs is 1. The van der Waals surface area contributed by atoms with Gasteiger partial charge in [0.05, 0.1) is 5.57 Å². The van der Waals surface area contributed by atoms with Gasteiger partial charge in [0.2, 0.25) is 0 Å². The molecular formula is C30H22N2O4S. The number of nitrogens with one attached hydrogen (secondary N) is 1. The lowest BCUT2D eigenvalue weighted by molar-refractivity contribution is -0.132. The number of H-pyrrole nitrogens is 1. The van der Waals surface area contributed by atoms with Crippen LogP contribution in [0.5, 0.6) is 5.75 Å². The standard InChI is InChI=1S/C30H22N2O4S/c33-28(23-17-31-24-10-5-4-9-22(23)24)26-27(25-11-6-16-37-25)32(30(35)29(26)34)20-12-14-21(15-13-20)36-18-19-7-2-1-3-8-19/h1-17,27,31,33H,18H2/b28-26-. The lowest BCUT2D eigenvalue weighted by atomic mass is 9.99. The molecule has 37 heavy (non-hydrogen) atoms. The summed E-state index contributed by atoms with van der Waals surface area (Å²) in [6.45, 7) is 0.421. The minimum atomic E-state index is -0.746. The van der Waals surface area contributed by atoms with E-state index in [1.54, 1.807) is 30.5 Å². The average Bonchev–Trinajstić information content (AvgIpc) is 3.67. The summed E-state index contributed by atoms with van der Waals surface area (Å²) in [5.74, 6) is -0.946. The van der Waals surface area contributed by atoms with Gasteiger partial charge in [0.25, 0.3) is 11.7 Å². The number of ether oxygens (including phenoxy) is 1. The third-order valence-electron chi connectivity index (χ3n) is 6.46. The van der Waals surface area contributed by atoms with Crippen molar-refractivity contribution in [2.45, 2.75) is 12.6 Å². The van der Waals surface area contributed by atoms with Crippen LogP contribution in [0, 0.1) is 0 Å². The van der Waals surface area contributed by atoms with Crippen LogP contribution in [-0.4, -0.2) is 21.8 Å². The van der Waals surface area contributed by atoms with Crippen LogP contribution in [0.2, 0.25) is 0 Å². The maximum atomic E-state index is 13.4. The largest absolute Gasteiger partial charge is 0.507 e. The Bertz CT molecular complexity index is 1620. The Kier molecular flexibility index (Phi) is 5.82. The third kappa shape index (κ3) is 4.09. The summed E-state index contributed by atoms with van der Waals surface area (Å²) < 4.78 is 5.88. The van der Waals surface area contributed by atoms with E-state index in [4.69, 9.17) is 4.74 Å². The first-order valence-electron chi connectivity index (χ1n) is 11.8. The van der Waals surface area contributed by atoms with E-state index < -0.39 is 17.7 Å². The summed E-state index contributed by atoms with van der Waals surface area (Å²) in [5.41, 5.74) is 2.98. The number of ketones is 1. The Morgan fingerprint density at radius 2 is 1.68 bits per heavy atom. The predicted molar refractivity (Wildman–Crippen MR) is 145 cm³/mol. The van der Waals surface area contributed by atoms with Gasteiger partial charge < -0.3 is 14.8 Å². The zero-order chi connectivity index (χ0) is 25.4. The van der Waals surface area contributed by atoms with Gasteiger partial charge in [-0.1, -0.05) is 54.6 Å². The number of rotatable bonds is 6. The normalized spacial score (nSPS) is 17.0. The molecule has 7 heteroatoms. The number of carbonyl (C=O) groups excluding carboxylic acids is 2. The van der Waals surface area contributed by atoms with Crippen molar-refractivity contribution >= 4 is 45.4 Å². The van der Waals surface area contributed by atoms with E-state index >= 15 is 0 Å². The van der Waals surface area contributed by atoms with E-state index in [-0.39, 0.29) is 11.3 Å². The monoisotopic (exact) mass is 506 g/mol. The summed E-state index contributed by atoms with van der Waals surface area (Å²) in [6, 6.07) is 27.4. The van der Waals surface area contributed by atoms with Gasteiger partial charge in [-0.05, 0) is 47.3 Å². The molecule has 0 saturated carbocycles.